The van der Waals surface area contributed by atoms with E-state index in [1.807, 2.05) is 25.2 Å². The van der Waals surface area contributed by atoms with Gasteiger partial charge in [0.2, 0.25) is 0 Å². The van der Waals surface area contributed by atoms with Gasteiger partial charge in [-0.3, -0.25) is 4.90 Å². The highest BCUT2D eigenvalue weighted by Crippen LogP contribution is 2.33. The van der Waals surface area contributed by atoms with Gasteiger partial charge in [-0.15, -0.1) is 0 Å². The third kappa shape index (κ3) is 3.60. The summed E-state index contributed by atoms with van der Waals surface area (Å²) in [6.07, 6.45) is 0. The first-order valence-electron chi connectivity index (χ1n) is 7.41. The average Bonchev–Trinajstić information content (AvgIpc) is 2.54. The number of likely N-dealkylation sites (N-methyl/N-ethyl adjacent to an activating group) is 1. The Morgan fingerprint density at radius 2 is 1.78 bits per heavy atom. The summed E-state index contributed by atoms with van der Waals surface area (Å²) in [6, 6.07) is 5.68. The topological polar surface area (TPSA) is 62.3 Å². The van der Waals surface area contributed by atoms with Gasteiger partial charge in [-0.25, -0.2) is 0 Å². The lowest BCUT2D eigenvalue weighted by Crippen LogP contribution is -2.51. The maximum atomic E-state index is 12.4. The highest BCUT2D eigenvalue weighted by Gasteiger charge is 2.33. The number of hydrogen-bond acceptors (Lipinski definition) is 5. The molecule has 8 heteroatoms. The molecule has 0 spiro atoms. The van der Waals surface area contributed by atoms with E-state index >= 15 is 0 Å². The van der Waals surface area contributed by atoms with Gasteiger partial charge in [-0.2, -0.15) is 17.0 Å². The number of rotatable bonds is 5. The molecule has 1 aromatic rings. The molecule has 0 saturated carbocycles. The molecule has 0 radical (unpaired) electrons. The zero-order chi connectivity index (χ0) is 17.2. The first kappa shape index (κ1) is 18.0. The van der Waals surface area contributed by atoms with Crippen molar-refractivity contribution in [1.29, 1.82) is 0 Å². The highest BCUT2D eigenvalue weighted by molar-refractivity contribution is 7.86. The molecule has 1 heterocycles. The van der Waals surface area contributed by atoms with E-state index in [9.17, 15) is 8.42 Å². The van der Waals surface area contributed by atoms with Crippen molar-refractivity contribution in [3.63, 3.8) is 0 Å². The molecule has 0 N–H and O–H groups in total. The molecular weight excluding hydrogens is 318 g/mol. The normalized spacial score (nSPS) is 20.7. The number of methoxy groups -OCH3 is 2. The van der Waals surface area contributed by atoms with Crippen LogP contribution in [-0.2, 0) is 10.2 Å². The van der Waals surface area contributed by atoms with Gasteiger partial charge in [-0.05, 0) is 24.7 Å². The lowest BCUT2D eigenvalue weighted by atomic mass is 10.0. The van der Waals surface area contributed by atoms with Gasteiger partial charge < -0.3 is 9.47 Å². The molecule has 0 aromatic heterocycles. The molecule has 0 aliphatic carbocycles. The van der Waals surface area contributed by atoms with Crippen LogP contribution in [0.4, 0.5) is 0 Å². The largest absolute Gasteiger partial charge is 0.493 e. The molecule has 0 amide bonds. The Kier molecular flexibility index (Phi) is 5.51. The van der Waals surface area contributed by atoms with E-state index in [0.29, 0.717) is 31.1 Å². The molecule has 2 rings (SSSR count). The monoisotopic (exact) mass is 343 g/mol. The Hall–Kier alpha value is -1.35. The first-order valence-corrected chi connectivity index (χ1v) is 8.80. The Morgan fingerprint density at radius 1 is 1.13 bits per heavy atom. The van der Waals surface area contributed by atoms with Crippen LogP contribution in [0, 0.1) is 0 Å². The second-order valence-electron chi connectivity index (χ2n) is 5.76. The number of piperazine rings is 1. The molecule has 7 nitrogen and oxygen atoms in total. The van der Waals surface area contributed by atoms with E-state index in [-0.39, 0.29) is 6.04 Å². The standard InChI is InChI=1S/C15H25N3O4S/c1-16(2)23(19,20)18-9-8-17(3)13(11-18)12-6-7-14(21-4)15(10-12)22-5/h6-7,10,13H,8-9,11H2,1-5H3. The van der Waals surface area contributed by atoms with Crippen LogP contribution in [0.15, 0.2) is 18.2 Å². The van der Waals surface area contributed by atoms with Gasteiger partial charge in [0.05, 0.1) is 14.2 Å². The van der Waals surface area contributed by atoms with E-state index < -0.39 is 10.2 Å². The maximum Gasteiger partial charge on any atom is 0.281 e. The van der Waals surface area contributed by atoms with E-state index in [0.717, 1.165) is 5.56 Å². The molecule has 1 atom stereocenters. The summed E-state index contributed by atoms with van der Waals surface area (Å²) in [5.74, 6) is 1.30. The van der Waals surface area contributed by atoms with Crippen LogP contribution in [-0.4, -0.2) is 76.9 Å². The van der Waals surface area contributed by atoms with E-state index in [1.54, 1.807) is 28.3 Å². The SMILES string of the molecule is COc1ccc(C2CN(S(=O)(=O)N(C)C)CCN2C)cc1OC. The fourth-order valence-corrected chi connectivity index (χ4v) is 3.81. The summed E-state index contributed by atoms with van der Waals surface area (Å²) in [5.41, 5.74) is 1.00. The van der Waals surface area contributed by atoms with Crippen LogP contribution in [0.1, 0.15) is 11.6 Å². The molecule has 1 aliphatic heterocycles. The third-order valence-corrected chi connectivity index (χ3v) is 6.10. The molecule has 1 saturated heterocycles. The molecule has 1 fully saturated rings. The van der Waals surface area contributed by atoms with Gasteiger partial charge in [-0.1, -0.05) is 6.07 Å². The van der Waals surface area contributed by atoms with Crippen LogP contribution in [0.3, 0.4) is 0 Å². The predicted molar refractivity (Wildman–Crippen MR) is 89.1 cm³/mol. The zero-order valence-corrected chi connectivity index (χ0v) is 15.1. The van der Waals surface area contributed by atoms with Gasteiger partial charge in [0.25, 0.3) is 10.2 Å². The molecule has 1 aliphatic rings. The van der Waals surface area contributed by atoms with Crippen molar-refractivity contribution < 1.29 is 17.9 Å². The Morgan fingerprint density at radius 3 is 2.35 bits per heavy atom. The summed E-state index contributed by atoms with van der Waals surface area (Å²) in [7, 11) is 4.89. The molecule has 1 aromatic carbocycles. The van der Waals surface area contributed by atoms with Crippen molar-refractivity contribution in [2.45, 2.75) is 6.04 Å². The quantitative estimate of drug-likeness (QED) is 0.791. The van der Waals surface area contributed by atoms with Crippen LogP contribution < -0.4 is 9.47 Å². The van der Waals surface area contributed by atoms with Gasteiger partial charge in [0, 0.05) is 39.8 Å². The fourth-order valence-electron chi connectivity index (χ4n) is 2.71. The molecular formula is C15H25N3O4S. The number of benzene rings is 1. The predicted octanol–water partition coefficient (Wildman–Crippen LogP) is 0.799. The van der Waals surface area contributed by atoms with E-state index in [1.165, 1.54) is 8.61 Å². The minimum atomic E-state index is -3.41. The summed E-state index contributed by atoms with van der Waals surface area (Å²) in [4.78, 5) is 2.16. The minimum absolute atomic E-state index is 0.0294. The number of nitrogens with zero attached hydrogens (tertiary/aromatic N) is 3. The Labute approximate surface area is 138 Å². The van der Waals surface area contributed by atoms with Crippen molar-refractivity contribution in [3.05, 3.63) is 23.8 Å². The van der Waals surface area contributed by atoms with Crippen molar-refractivity contribution in [3.8, 4) is 11.5 Å². The lowest BCUT2D eigenvalue weighted by molar-refractivity contribution is 0.144. The van der Waals surface area contributed by atoms with Gasteiger partial charge >= 0.3 is 0 Å². The van der Waals surface area contributed by atoms with Crippen molar-refractivity contribution in [1.82, 2.24) is 13.5 Å². The van der Waals surface area contributed by atoms with Gasteiger partial charge in [0.1, 0.15) is 0 Å². The van der Waals surface area contributed by atoms with Gasteiger partial charge in [0.15, 0.2) is 11.5 Å². The third-order valence-electron chi connectivity index (χ3n) is 4.19. The van der Waals surface area contributed by atoms with E-state index in [4.69, 9.17) is 9.47 Å². The highest BCUT2D eigenvalue weighted by atomic mass is 32.2. The zero-order valence-electron chi connectivity index (χ0n) is 14.3. The fraction of sp³-hybridized carbons (Fsp3) is 0.600. The number of hydrogen-bond donors (Lipinski definition) is 0. The molecule has 0 bridgehead atoms. The van der Waals surface area contributed by atoms with Crippen LogP contribution in [0.25, 0.3) is 0 Å². The average molecular weight is 343 g/mol. The molecule has 1 unspecified atom stereocenters. The summed E-state index contributed by atoms with van der Waals surface area (Å²) < 4.78 is 38.2. The summed E-state index contributed by atoms with van der Waals surface area (Å²) >= 11 is 0. The van der Waals surface area contributed by atoms with E-state index in [2.05, 4.69) is 4.90 Å². The van der Waals surface area contributed by atoms with Crippen molar-refractivity contribution in [2.75, 3.05) is 55.0 Å². The Balaban J connectivity index is 2.30. The van der Waals surface area contributed by atoms with Crippen LogP contribution >= 0.6 is 0 Å². The smallest absolute Gasteiger partial charge is 0.281 e. The molecule has 23 heavy (non-hydrogen) atoms. The lowest BCUT2D eigenvalue weighted by Gasteiger charge is -2.39. The van der Waals surface area contributed by atoms with Crippen molar-refractivity contribution >= 4 is 10.2 Å². The molecule has 130 valence electrons. The Bertz CT molecular complexity index is 648. The second kappa shape index (κ2) is 7.04. The maximum absolute atomic E-state index is 12.4. The first-order chi connectivity index (χ1) is 10.8. The van der Waals surface area contributed by atoms with Crippen LogP contribution in [0.2, 0.25) is 0 Å². The van der Waals surface area contributed by atoms with Crippen molar-refractivity contribution in [2.24, 2.45) is 0 Å². The summed E-state index contributed by atoms with van der Waals surface area (Å²) in [5, 5.41) is 0. The van der Waals surface area contributed by atoms with Crippen LogP contribution in [0.5, 0.6) is 11.5 Å². The second-order valence-corrected chi connectivity index (χ2v) is 7.90. The number of ether oxygens (including phenoxy) is 2. The summed E-state index contributed by atoms with van der Waals surface area (Å²) in [6.45, 7) is 1.57. The minimum Gasteiger partial charge on any atom is -0.493 e.